The molecule has 0 spiro atoms. The van der Waals surface area contributed by atoms with Crippen molar-refractivity contribution in [1.82, 2.24) is 4.98 Å². The average molecular weight is 411 g/mol. The number of benzene rings is 1. The molecule has 0 N–H and O–H groups in total. The highest BCUT2D eigenvalue weighted by Gasteiger charge is 2.21. The summed E-state index contributed by atoms with van der Waals surface area (Å²) in [6, 6.07) is 11.5. The van der Waals surface area contributed by atoms with Crippen molar-refractivity contribution in [3.63, 3.8) is 0 Å². The highest BCUT2D eigenvalue weighted by molar-refractivity contribution is 5.94. The van der Waals surface area contributed by atoms with Gasteiger partial charge in [0.2, 0.25) is 0 Å². The van der Waals surface area contributed by atoms with Crippen molar-refractivity contribution in [3.8, 4) is 11.5 Å². The van der Waals surface area contributed by atoms with Gasteiger partial charge < -0.3 is 14.2 Å². The van der Waals surface area contributed by atoms with Crippen LogP contribution in [0.2, 0.25) is 0 Å². The van der Waals surface area contributed by atoms with Gasteiger partial charge in [0.05, 0.1) is 26.0 Å². The van der Waals surface area contributed by atoms with Gasteiger partial charge in [0, 0.05) is 11.6 Å². The first-order valence-corrected chi connectivity index (χ1v) is 9.81. The molecule has 0 atom stereocenters. The van der Waals surface area contributed by atoms with Crippen molar-refractivity contribution < 1.29 is 23.8 Å². The number of hydrogen-bond acceptors (Lipinski definition) is 6. The van der Waals surface area contributed by atoms with Gasteiger partial charge in [-0.1, -0.05) is 32.1 Å². The fraction of sp³-hybridized carbons (Fsp3) is 0.375. The van der Waals surface area contributed by atoms with Gasteiger partial charge in [0.15, 0.2) is 0 Å². The predicted octanol–water partition coefficient (Wildman–Crippen LogP) is 4.84. The van der Waals surface area contributed by atoms with Crippen LogP contribution in [-0.4, -0.2) is 36.6 Å². The van der Waals surface area contributed by atoms with E-state index in [1.54, 1.807) is 12.4 Å². The van der Waals surface area contributed by atoms with E-state index < -0.39 is 5.97 Å². The Morgan fingerprint density at radius 1 is 1.03 bits per heavy atom. The minimum atomic E-state index is -0.498. The first kappa shape index (κ1) is 23.3. The van der Waals surface area contributed by atoms with E-state index in [0.29, 0.717) is 19.0 Å². The second kappa shape index (κ2) is 11.3. The maximum atomic E-state index is 11.5. The second-order valence-corrected chi connectivity index (χ2v) is 8.05. The Morgan fingerprint density at radius 3 is 2.40 bits per heavy atom. The van der Waals surface area contributed by atoms with Crippen LogP contribution in [0.25, 0.3) is 6.08 Å². The Morgan fingerprint density at radius 2 is 1.77 bits per heavy atom. The van der Waals surface area contributed by atoms with Gasteiger partial charge in [-0.15, -0.1) is 0 Å². The lowest BCUT2D eigenvalue weighted by atomic mass is 9.96. The number of rotatable bonds is 11. The summed E-state index contributed by atoms with van der Waals surface area (Å²) in [6.45, 7) is 8.39. The van der Waals surface area contributed by atoms with E-state index in [0.717, 1.165) is 16.9 Å². The summed E-state index contributed by atoms with van der Waals surface area (Å²) in [5.41, 5.74) is 1.78. The van der Waals surface area contributed by atoms with E-state index in [1.807, 2.05) is 63.2 Å². The Labute approximate surface area is 177 Å². The van der Waals surface area contributed by atoms with Crippen molar-refractivity contribution in [2.24, 2.45) is 5.41 Å². The SMILES string of the molecule is CC(=O)CC(=O)OCC(C)(C)COC/C(C)=C/c1ccc(Oc2cccnc2)cc1. The van der Waals surface area contributed by atoms with Gasteiger partial charge in [0.25, 0.3) is 0 Å². The van der Waals surface area contributed by atoms with Crippen molar-refractivity contribution >= 4 is 17.8 Å². The number of carbonyl (C=O) groups excluding carboxylic acids is 2. The molecule has 0 unspecified atom stereocenters. The fourth-order valence-electron chi connectivity index (χ4n) is 2.56. The van der Waals surface area contributed by atoms with E-state index in [4.69, 9.17) is 14.2 Å². The zero-order valence-electron chi connectivity index (χ0n) is 18.0. The molecule has 0 radical (unpaired) electrons. The number of carbonyl (C=O) groups is 2. The van der Waals surface area contributed by atoms with Crippen LogP contribution < -0.4 is 4.74 Å². The van der Waals surface area contributed by atoms with Gasteiger partial charge >= 0.3 is 5.97 Å². The second-order valence-electron chi connectivity index (χ2n) is 8.05. The topological polar surface area (TPSA) is 74.7 Å². The summed E-state index contributed by atoms with van der Waals surface area (Å²) >= 11 is 0. The molecule has 0 aliphatic rings. The van der Waals surface area contributed by atoms with Crippen LogP contribution in [0.15, 0.2) is 54.4 Å². The van der Waals surface area contributed by atoms with E-state index in [2.05, 4.69) is 4.98 Å². The summed E-state index contributed by atoms with van der Waals surface area (Å²) < 4.78 is 16.7. The molecular formula is C24H29NO5. The third-order valence-corrected chi connectivity index (χ3v) is 4.00. The molecule has 6 nitrogen and oxygen atoms in total. The van der Waals surface area contributed by atoms with Gasteiger partial charge in [0.1, 0.15) is 23.7 Å². The molecule has 0 fully saturated rings. The van der Waals surface area contributed by atoms with Gasteiger partial charge in [-0.05, 0) is 49.2 Å². The predicted molar refractivity (Wildman–Crippen MR) is 115 cm³/mol. The number of nitrogens with zero attached hydrogens (tertiary/aromatic N) is 1. The Kier molecular flexibility index (Phi) is 8.74. The van der Waals surface area contributed by atoms with Gasteiger partial charge in [-0.2, -0.15) is 0 Å². The van der Waals surface area contributed by atoms with Crippen LogP contribution in [0.4, 0.5) is 0 Å². The average Bonchev–Trinajstić information content (AvgIpc) is 2.68. The number of aromatic nitrogens is 1. The molecule has 1 aromatic heterocycles. The maximum Gasteiger partial charge on any atom is 0.313 e. The van der Waals surface area contributed by atoms with Crippen molar-refractivity contribution in [2.75, 3.05) is 19.8 Å². The molecule has 0 aliphatic carbocycles. The molecule has 2 rings (SSSR count). The van der Waals surface area contributed by atoms with Gasteiger partial charge in [-0.3, -0.25) is 14.6 Å². The fourth-order valence-corrected chi connectivity index (χ4v) is 2.56. The summed E-state index contributed by atoms with van der Waals surface area (Å²) in [5.74, 6) is 0.740. The van der Waals surface area contributed by atoms with Crippen molar-refractivity contribution in [1.29, 1.82) is 0 Å². The monoisotopic (exact) mass is 411 g/mol. The number of hydrogen-bond donors (Lipinski definition) is 0. The number of esters is 1. The molecule has 0 saturated carbocycles. The van der Waals surface area contributed by atoms with Crippen LogP contribution in [0.5, 0.6) is 11.5 Å². The molecule has 0 saturated heterocycles. The highest BCUT2D eigenvalue weighted by atomic mass is 16.5. The van der Waals surface area contributed by atoms with E-state index in [9.17, 15) is 9.59 Å². The number of ether oxygens (including phenoxy) is 3. The third kappa shape index (κ3) is 9.01. The molecular weight excluding hydrogens is 382 g/mol. The highest BCUT2D eigenvalue weighted by Crippen LogP contribution is 2.21. The van der Waals surface area contributed by atoms with Crippen LogP contribution in [-0.2, 0) is 19.1 Å². The minimum absolute atomic E-state index is 0.190. The molecule has 160 valence electrons. The van der Waals surface area contributed by atoms with Crippen molar-refractivity contribution in [3.05, 3.63) is 59.9 Å². The molecule has 6 heteroatoms. The Bertz CT molecular complexity index is 857. The van der Waals surface area contributed by atoms with Gasteiger partial charge in [-0.25, -0.2) is 0 Å². The molecule has 1 aromatic carbocycles. The third-order valence-electron chi connectivity index (χ3n) is 4.00. The number of Topliss-reactive ketones (excluding diaryl/α,β-unsaturated/α-hetero) is 1. The first-order valence-electron chi connectivity index (χ1n) is 9.81. The minimum Gasteiger partial charge on any atom is -0.465 e. The molecule has 0 amide bonds. The number of ketones is 1. The Balaban J connectivity index is 1.77. The normalized spacial score (nSPS) is 11.8. The first-order chi connectivity index (χ1) is 14.2. The standard InChI is InChI=1S/C24H29NO5/c1-18(15-28-16-24(3,4)17-29-23(27)13-19(2)26)12-20-7-9-21(10-8-20)30-22-6-5-11-25-14-22/h5-12,14H,13,15-17H2,1-4H3/b18-12+. The van der Waals surface area contributed by atoms with Crippen LogP contribution >= 0.6 is 0 Å². The van der Waals surface area contributed by atoms with Crippen LogP contribution in [0.1, 0.15) is 39.7 Å². The lowest BCUT2D eigenvalue weighted by Gasteiger charge is -2.24. The van der Waals surface area contributed by atoms with Crippen LogP contribution in [0.3, 0.4) is 0 Å². The quantitative estimate of drug-likeness (QED) is 0.389. The molecule has 1 heterocycles. The maximum absolute atomic E-state index is 11.5. The lowest BCUT2D eigenvalue weighted by molar-refractivity contribution is -0.149. The largest absolute Gasteiger partial charge is 0.465 e. The summed E-state index contributed by atoms with van der Waals surface area (Å²) in [4.78, 5) is 26.5. The molecule has 0 aliphatic heterocycles. The van der Waals surface area contributed by atoms with Crippen molar-refractivity contribution in [2.45, 2.75) is 34.1 Å². The van der Waals surface area contributed by atoms with Crippen LogP contribution in [0, 0.1) is 5.41 Å². The summed E-state index contributed by atoms with van der Waals surface area (Å²) in [5, 5.41) is 0. The molecule has 2 aromatic rings. The smallest absolute Gasteiger partial charge is 0.313 e. The zero-order chi connectivity index (χ0) is 22.0. The van der Waals surface area contributed by atoms with E-state index in [-0.39, 0.29) is 24.2 Å². The van der Waals surface area contributed by atoms with E-state index in [1.165, 1.54) is 6.92 Å². The summed E-state index contributed by atoms with van der Waals surface area (Å²) in [7, 11) is 0. The lowest BCUT2D eigenvalue weighted by Crippen LogP contribution is -2.28. The molecule has 30 heavy (non-hydrogen) atoms. The van der Waals surface area contributed by atoms with E-state index >= 15 is 0 Å². The Hall–Kier alpha value is -2.99. The summed E-state index contributed by atoms with van der Waals surface area (Å²) in [6.07, 6.45) is 5.23. The molecule has 0 bridgehead atoms. The zero-order valence-corrected chi connectivity index (χ0v) is 18.0. The number of pyridine rings is 1.